The molecule has 1 unspecified atom stereocenters. The minimum atomic E-state index is -0.913. The van der Waals surface area contributed by atoms with E-state index in [9.17, 15) is 9.59 Å². The van der Waals surface area contributed by atoms with Crippen molar-refractivity contribution in [1.29, 1.82) is 0 Å². The van der Waals surface area contributed by atoms with Gasteiger partial charge in [-0.3, -0.25) is 9.89 Å². The largest absolute Gasteiger partial charge is 0.481 e. The minimum Gasteiger partial charge on any atom is -0.481 e. The van der Waals surface area contributed by atoms with Gasteiger partial charge in [0, 0.05) is 30.4 Å². The molecule has 7 nitrogen and oxygen atoms in total. The van der Waals surface area contributed by atoms with E-state index in [1.165, 1.54) is 4.90 Å². The standard InChI is InChI=1S/C12H20N4O3/c1-4-16(8(2)5-11(17)18)12(19)13-6-10-7-14-15-9(10)3/h7-8H,4-6H2,1-3H3,(H,13,19)(H,14,15)(H,17,18). The van der Waals surface area contributed by atoms with Crippen molar-refractivity contribution in [2.45, 2.75) is 39.8 Å². The highest BCUT2D eigenvalue weighted by molar-refractivity contribution is 5.75. The van der Waals surface area contributed by atoms with Crippen LogP contribution in [0.4, 0.5) is 4.79 Å². The van der Waals surface area contributed by atoms with E-state index in [4.69, 9.17) is 5.11 Å². The topological polar surface area (TPSA) is 98.3 Å². The zero-order valence-electron chi connectivity index (χ0n) is 11.4. The average molecular weight is 268 g/mol. The van der Waals surface area contributed by atoms with Crippen LogP contribution in [-0.2, 0) is 11.3 Å². The number of hydrogen-bond acceptors (Lipinski definition) is 3. The Kier molecular flexibility index (Phi) is 5.35. The van der Waals surface area contributed by atoms with E-state index in [-0.39, 0.29) is 18.5 Å². The number of nitrogens with zero attached hydrogens (tertiary/aromatic N) is 2. The van der Waals surface area contributed by atoms with Crippen molar-refractivity contribution in [3.63, 3.8) is 0 Å². The summed E-state index contributed by atoms with van der Waals surface area (Å²) in [6.45, 7) is 6.25. The summed E-state index contributed by atoms with van der Waals surface area (Å²) in [7, 11) is 0. The van der Waals surface area contributed by atoms with Gasteiger partial charge in [0.25, 0.3) is 0 Å². The van der Waals surface area contributed by atoms with E-state index < -0.39 is 5.97 Å². The first-order valence-corrected chi connectivity index (χ1v) is 6.20. The Morgan fingerprint density at radius 3 is 2.74 bits per heavy atom. The van der Waals surface area contributed by atoms with Gasteiger partial charge in [-0.15, -0.1) is 0 Å². The van der Waals surface area contributed by atoms with E-state index in [1.54, 1.807) is 13.1 Å². The molecule has 1 aromatic rings. The number of hydrogen-bond donors (Lipinski definition) is 3. The molecule has 0 aliphatic heterocycles. The van der Waals surface area contributed by atoms with Gasteiger partial charge in [0.1, 0.15) is 0 Å². The second-order valence-electron chi connectivity index (χ2n) is 4.41. The van der Waals surface area contributed by atoms with Crippen LogP contribution in [0.2, 0.25) is 0 Å². The zero-order chi connectivity index (χ0) is 14.4. The van der Waals surface area contributed by atoms with Crippen LogP contribution in [-0.4, -0.2) is 44.8 Å². The molecular formula is C12H20N4O3. The molecule has 1 rings (SSSR count). The van der Waals surface area contributed by atoms with Crippen LogP contribution in [0.1, 0.15) is 31.5 Å². The summed E-state index contributed by atoms with van der Waals surface area (Å²) in [4.78, 5) is 24.2. The van der Waals surface area contributed by atoms with Crippen LogP contribution in [0.15, 0.2) is 6.20 Å². The number of aromatic amines is 1. The van der Waals surface area contributed by atoms with Gasteiger partial charge in [0.2, 0.25) is 0 Å². The highest BCUT2D eigenvalue weighted by Gasteiger charge is 2.20. The van der Waals surface area contributed by atoms with Crippen molar-refractivity contribution in [2.75, 3.05) is 6.54 Å². The Hall–Kier alpha value is -2.05. The van der Waals surface area contributed by atoms with Gasteiger partial charge in [-0.2, -0.15) is 5.10 Å². The number of carboxylic acids is 1. The molecule has 0 aliphatic rings. The fraction of sp³-hybridized carbons (Fsp3) is 0.583. The number of aromatic nitrogens is 2. The molecule has 7 heteroatoms. The molecular weight excluding hydrogens is 248 g/mol. The molecule has 0 saturated heterocycles. The van der Waals surface area contributed by atoms with Gasteiger partial charge in [-0.05, 0) is 20.8 Å². The maximum Gasteiger partial charge on any atom is 0.317 e. The summed E-state index contributed by atoms with van der Waals surface area (Å²) >= 11 is 0. The van der Waals surface area contributed by atoms with Crippen molar-refractivity contribution in [3.05, 3.63) is 17.5 Å². The maximum absolute atomic E-state index is 12.0. The van der Waals surface area contributed by atoms with Gasteiger partial charge < -0.3 is 15.3 Å². The van der Waals surface area contributed by atoms with Crippen molar-refractivity contribution < 1.29 is 14.7 Å². The predicted molar refractivity (Wildman–Crippen MR) is 69.7 cm³/mol. The molecule has 0 spiro atoms. The quantitative estimate of drug-likeness (QED) is 0.719. The second-order valence-corrected chi connectivity index (χ2v) is 4.41. The van der Waals surface area contributed by atoms with E-state index in [0.717, 1.165) is 11.3 Å². The van der Waals surface area contributed by atoms with Crippen molar-refractivity contribution in [3.8, 4) is 0 Å². The smallest absolute Gasteiger partial charge is 0.317 e. The number of carbonyl (C=O) groups excluding carboxylic acids is 1. The number of carboxylic acid groups (broad SMARTS) is 1. The molecule has 0 bridgehead atoms. The summed E-state index contributed by atoms with van der Waals surface area (Å²) in [6, 6.07) is -0.607. The van der Waals surface area contributed by atoms with E-state index in [0.29, 0.717) is 13.1 Å². The molecule has 0 radical (unpaired) electrons. The van der Waals surface area contributed by atoms with Gasteiger partial charge in [0.15, 0.2) is 0 Å². The van der Waals surface area contributed by atoms with Crippen LogP contribution in [0.3, 0.4) is 0 Å². The lowest BCUT2D eigenvalue weighted by molar-refractivity contribution is -0.138. The Labute approximate surface area is 112 Å². The van der Waals surface area contributed by atoms with E-state index >= 15 is 0 Å². The molecule has 19 heavy (non-hydrogen) atoms. The second kappa shape index (κ2) is 6.77. The van der Waals surface area contributed by atoms with Gasteiger partial charge >= 0.3 is 12.0 Å². The Morgan fingerprint density at radius 2 is 2.26 bits per heavy atom. The first kappa shape index (κ1) is 15.0. The number of carbonyl (C=O) groups is 2. The first-order chi connectivity index (χ1) is 8.95. The fourth-order valence-corrected chi connectivity index (χ4v) is 1.84. The lowest BCUT2D eigenvalue weighted by Gasteiger charge is -2.27. The van der Waals surface area contributed by atoms with E-state index in [2.05, 4.69) is 15.5 Å². The molecule has 1 heterocycles. The normalized spacial score (nSPS) is 11.9. The highest BCUT2D eigenvalue weighted by atomic mass is 16.4. The lowest BCUT2D eigenvalue weighted by atomic mass is 10.2. The Bertz CT molecular complexity index is 444. The third kappa shape index (κ3) is 4.27. The van der Waals surface area contributed by atoms with Crippen molar-refractivity contribution >= 4 is 12.0 Å². The van der Waals surface area contributed by atoms with Crippen molar-refractivity contribution in [2.24, 2.45) is 0 Å². The first-order valence-electron chi connectivity index (χ1n) is 6.20. The fourth-order valence-electron chi connectivity index (χ4n) is 1.84. The molecule has 0 saturated carbocycles. The van der Waals surface area contributed by atoms with Crippen LogP contribution in [0.5, 0.6) is 0 Å². The number of urea groups is 1. The number of aryl methyl sites for hydroxylation is 1. The monoisotopic (exact) mass is 268 g/mol. The van der Waals surface area contributed by atoms with Crippen molar-refractivity contribution in [1.82, 2.24) is 20.4 Å². The van der Waals surface area contributed by atoms with Gasteiger partial charge in [0.05, 0.1) is 12.6 Å². The summed E-state index contributed by atoms with van der Waals surface area (Å²) in [5.41, 5.74) is 1.82. The number of amides is 2. The molecule has 1 aromatic heterocycles. The molecule has 1 atom stereocenters. The maximum atomic E-state index is 12.0. The third-order valence-corrected chi connectivity index (χ3v) is 2.97. The average Bonchev–Trinajstić information content (AvgIpc) is 2.72. The number of nitrogens with one attached hydrogen (secondary N) is 2. The van der Waals surface area contributed by atoms with Gasteiger partial charge in [-0.1, -0.05) is 0 Å². The molecule has 0 aromatic carbocycles. The van der Waals surface area contributed by atoms with Crippen LogP contribution in [0.25, 0.3) is 0 Å². The van der Waals surface area contributed by atoms with Crippen LogP contribution < -0.4 is 5.32 Å². The summed E-state index contributed by atoms with van der Waals surface area (Å²) in [6.07, 6.45) is 1.60. The summed E-state index contributed by atoms with van der Waals surface area (Å²) in [5, 5.41) is 18.2. The number of H-pyrrole nitrogens is 1. The molecule has 2 amide bonds. The third-order valence-electron chi connectivity index (χ3n) is 2.97. The predicted octanol–water partition coefficient (Wildman–Crippen LogP) is 1.11. The molecule has 0 fully saturated rings. The molecule has 0 aliphatic carbocycles. The highest BCUT2D eigenvalue weighted by Crippen LogP contribution is 2.06. The molecule has 3 N–H and O–H groups in total. The summed E-state index contributed by atoms with van der Waals surface area (Å²) in [5.74, 6) is -0.913. The Morgan fingerprint density at radius 1 is 1.58 bits per heavy atom. The summed E-state index contributed by atoms with van der Waals surface area (Å²) < 4.78 is 0. The van der Waals surface area contributed by atoms with Crippen LogP contribution >= 0.6 is 0 Å². The van der Waals surface area contributed by atoms with Crippen LogP contribution in [0, 0.1) is 6.92 Å². The molecule has 106 valence electrons. The number of rotatable bonds is 6. The van der Waals surface area contributed by atoms with E-state index in [1.807, 2.05) is 13.8 Å². The SMILES string of the molecule is CCN(C(=O)NCc1cn[nH]c1C)C(C)CC(=O)O. The minimum absolute atomic E-state index is 0.0635. The van der Waals surface area contributed by atoms with Gasteiger partial charge in [-0.25, -0.2) is 4.79 Å². The zero-order valence-corrected chi connectivity index (χ0v) is 11.4. The Balaban J connectivity index is 2.54. The number of aliphatic carboxylic acids is 1. The lowest BCUT2D eigenvalue weighted by Crippen LogP contribution is -2.45.